The van der Waals surface area contributed by atoms with Crippen LogP contribution in [0.15, 0.2) is 109 Å². The van der Waals surface area contributed by atoms with Crippen LogP contribution in [0.3, 0.4) is 0 Å². The maximum Gasteiger partial charge on any atom is 0.326 e. The number of aliphatic carboxylic acids is 2. The quantitative estimate of drug-likeness (QED) is 0.0333. The molecule has 22 nitrogen and oxygen atoms in total. The Bertz CT molecular complexity index is 2440. The van der Waals surface area contributed by atoms with Gasteiger partial charge in [-0.1, -0.05) is 84.9 Å². The molecule has 0 fully saturated rings. The van der Waals surface area contributed by atoms with Crippen LogP contribution in [0.5, 0.6) is 11.5 Å². The van der Waals surface area contributed by atoms with Crippen LogP contribution in [0.25, 0.3) is 0 Å². The molecule has 372 valence electrons. The summed E-state index contributed by atoms with van der Waals surface area (Å²) in [6.07, 6.45) is -3.25. The van der Waals surface area contributed by atoms with Gasteiger partial charge in [-0.25, -0.2) is 4.79 Å². The summed E-state index contributed by atoms with van der Waals surface area (Å²) in [5, 5.41) is 66.4. The van der Waals surface area contributed by atoms with Gasteiger partial charge >= 0.3 is 11.9 Å². The fraction of sp³-hybridized carbons (Fsp3) is 0.312. The van der Waals surface area contributed by atoms with Gasteiger partial charge in [-0.2, -0.15) is 0 Å². The molecular weight excluding hydrogens is 913 g/mol. The lowest BCUT2D eigenvalue weighted by Gasteiger charge is -2.27. The van der Waals surface area contributed by atoms with Crippen molar-refractivity contribution >= 4 is 53.3 Å². The van der Waals surface area contributed by atoms with Gasteiger partial charge in [0.15, 0.2) is 0 Å². The second-order valence-corrected chi connectivity index (χ2v) is 16.1. The van der Waals surface area contributed by atoms with E-state index in [1.54, 1.807) is 60.7 Å². The summed E-state index contributed by atoms with van der Waals surface area (Å²) in [5.74, 6) is -9.95. The largest absolute Gasteiger partial charge is 0.508 e. The molecule has 0 aliphatic carbocycles. The minimum atomic E-state index is -1.86. The average Bonchev–Trinajstić information content (AvgIpc) is 3.32. The third-order valence-corrected chi connectivity index (χ3v) is 10.6. The second-order valence-electron chi connectivity index (χ2n) is 16.1. The van der Waals surface area contributed by atoms with Gasteiger partial charge in [0.25, 0.3) is 0 Å². The monoisotopic (exact) mass is 968 g/mol. The molecule has 14 N–H and O–H groups in total. The number of aliphatic hydroxyl groups is 1. The van der Waals surface area contributed by atoms with Gasteiger partial charge in [-0.05, 0) is 53.4 Å². The van der Waals surface area contributed by atoms with Crippen LogP contribution in [-0.2, 0) is 68.8 Å². The minimum Gasteiger partial charge on any atom is -0.508 e. The number of benzene rings is 4. The van der Waals surface area contributed by atoms with E-state index in [9.17, 15) is 68.7 Å². The van der Waals surface area contributed by atoms with E-state index in [1.807, 2.05) is 0 Å². The van der Waals surface area contributed by atoms with E-state index >= 15 is 0 Å². The van der Waals surface area contributed by atoms with Gasteiger partial charge < -0.3 is 68.5 Å². The number of hydrogen-bond acceptors (Lipinski definition) is 13. The average molecular weight is 969 g/mol. The summed E-state index contributed by atoms with van der Waals surface area (Å²) in [6.45, 7) is -0.107. The van der Waals surface area contributed by atoms with Crippen molar-refractivity contribution < 1.29 is 68.7 Å². The fourth-order valence-electron chi connectivity index (χ4n) is 6.90. The Morgan fingerprint density at radius 1 is 0.471 bits per heavy atom. The van der Waals surface area contributed by atoms with Crippen LogP contribution < -0.4 is 43.0 Å². The van der Waals surface area contributed by atoms with Crippen LogP contribution in [0.4, 0.5) is 0 Å². The van der Waals surface area contributed by atoms with Crippen LogP contribution >= 0.6 is 0 Å². The molecule has 0 spiro atoms. The molecule has 7 atom stereocenters. The van der Waals surface area contributed by atoms with E-state index in [0.717, 1.165) is 0 Å². The van der Waals surface area contributed by atoms with Crippen molar-refractivity contribution in [1.82, 2.24) is 37.2 Å². The number of aliphatic hydroxyl groups excluding tert-OH is 1. The molecule has 0 aromatic heterocycles. The van der Waals surface area contributed by atoms with E-state index in [4.69, 9.17) is 5.73 Å². The lowest BCUT2D eigenvalue weighted by Crippen LogP contribution is -2.61. The maximum atomic E-state index is 13.8. The molecule has 0 radical (unpaired) electrons. The third kappa shape index (κ3) is 18.0. The van der Waals surface area contributed by atoms with Gasteiger partial charge in [-0.15, -0.1) is 0 Å². The first kappa shape index (κ1) is 54.2. The molecule has 4 aromatic rings. The van der Waals surface area contributed by atoms with Crippen LogP contribution in [0, 0.1) is 0 Å². The van der Waals surface area contributed by atoms with Gasteiger partial charge in [0.1, 0.15) is 47.8 Å². The SMILES string of the molecule is C[C@@H](O)[C@H](NC(=O)[C@H](Cc1ccccc1)NC(=O)CN)C(=O)N[C@@H](Cc1ccccc1)C(=O)NCC(=O)N[C@@H](CC(=O)O)C(=O)N[C@@H](Cc1ccc(O)cc1)C(=O)N[C@@H](Cc1ccc(O)cc1)C(=O)O. The molecule has 0 heterocycles. The summed E-state index contributed by atoms with van der Waals surface area (Å²) in [7, 11) is 0. The Balaban J connectivity index is 1.49. The first-order valence-electron chi connectivity index (χ1n) is 21.9. The summed E-state index contributed by atoms with van der Waals surface area (Å²) in [6, 6.07) is 18.6. The third-order valence-electron chi connectivity index (χ3n) is 10.6. The summed E-state index contributed by atoms with van der Waals surface area (Å²) in [4.78, 5) is 118. The highest BCUT2D eigenvalue weighted by atomic mass is 16.4. The number of carboxylic acid groups (broad SMARTS) is 2. The number of phenols is 2. The molecule has 0 saturated carbocycles. The zero-order chi connectivity index (χ0) is 51.3. The zero-order valence-electron chi connectivity index (χ0n) is 37.9. The number of carbonyl (C=O) groups is 9. The number of aromatic hydroxyl groups is 2. The Hall–Kier alpha value is -8.37. The molecule has 0 bridgehead atoms. The van der Waals surface area contributed by atoms with Gasteiger partial charge in [-0.3, -0.25) is 38.4 Å². The second kappa shape index (κ2) is 26.8. The van der Waals surface area contributed by atoms with Crippen molar-refractivity contribution in [2.24, 2.45) is 5.73 Å². The van der Waals surface area contributed by atoms with Crippen molar-refractivity contribution in [3.8, 4) is 11.5 Å². The number of carbonyl (C=O) groups excluding carboxylic acids is 7. The van der Waals surface area contributed by atoms with Crippen molar-refractivity contribution in [3.05, 3.63) is 131 Å². The number of rotatable bonds is 26. The van der Waals surface area contributed by atoms with E-state index in [1.165, 1.54) is 55.5 Å². The Labute approximate surface area is 401 Å². The van der Waals surface area contributed by atoms with Crippen LogP contribution in [-0.4, -0.2) is 134 Å². The summed E-state index contributed by atoms with van der Waals surface area (Å²) in [5.41, 5.74) is 7.47. The normalized spacial score (nSPS) is 13.8. The van der Waals surface area contributed by atoms with Crippen molar-refractivity contribution in [3.63, 3.8) is 0 Å². The summed E-state index contributed by atoms with van der Waals surface area (Å²) < 4.78 is 0. The smallest absolute Gasteiger partial charge is 0.326 e. The minimum absolute atomic E-state index is 0.00536. The molecule has 0 aliphatic heterocycles. The lowest BCUT2D eigenvalue weighted by atomic mass is 10.0. The number of nitrogens with one attached hydrogen (secondary N) is 7. The summed E-state index contributed by atoms with van der Waals surface area (Å²) >= 11 is 0. The first-order valence-corrected chi connectivity index (χ1v) is 21.9. The zero-order valence-corrected chi connectivity index (χ0v) is 37.9. The number of phenolic OH excluding ortho intramolecular Hbond substituents is 2. The Morgan fingerprint density at radius 2 is 0.857 bits per heavy atom. The lowest BCUT2D eigenvalue weighted by molar-refractivity contribution is -0.143. The fourth-order valence-corrected chi connectivity index (χ4v) is 6.90. The number of carboxylic acids is 2. The first-order chi connectivity index (χ1) is 33.3. The van der Waals surface area contributed by atoms with Crippen molar-refractivity contribution in [1.29, 1.82) is 0 Å². The van der Waals surface area contributed by atoms with Crippen LogP contribution in [0.2, 0.25) is 0 Å². The van der Waals surface area contributed by atoms with E-state index in [2.05, 4.69) is 37.2 Å². The van der Waals surface area contributed by atoms with Crippen molar-refractivity contribution in [2.45, 2.75) is 81.4 Å². The molecule has 4 aromatic carbocycles. The van der Waals surface area contributed by atoms with Gasteiger partial charge in [0, 0.05) is 25.7 Å². The molecule has 0 saturated heterocycles. The number of amides is 7. The number of nitrogens with two attached hydrogens (primary N) is 1. The molecule has 70 heavy (non-hydrogen) atoms. The van der Waals surface area contributed by atoms with E-state index < -0.39 is 115 Å². The van der Waals surface area contributed by atoms with Crippen molar-refractivity contribution in [2.75, 3.05) is 13.1 Å². The number of hydrogen-bond donors (Lipinski definition) is 13. The molecule has 4 rings (SSSR count). The molecule has 7 amide bonds. The highest BCUT2D eigenvalue weighted by Crippen LogP contribution is 2.15. The highest BCUT2D eigenvalue weighted by Gasteiger charge is 2.34. The molecular formula is C48H56N8O14. The van der Waals surface area contributed by atoms with Crippen LogP contribution in [0.1, 0.15) is 35.6 Å². The topological polar surface area (TPSA) is 365 Å². The van der Waals surface area contributed by atoms with E-state index in [0.29, 0.717) is 22.3 Å². The molecule has 0 unspecified atom stereocenters. The van der Waals surface area contributed by atoms with Gasteiger partial charge in [0.2, 0.25) is 41.4 Å². The Morgan fingerprint density at radius 3 is 1.31 bits per heavy atom. The highest BCUT2D eigenvalue weighted by molar-refractivity contribution is 5.97. The molecule has 22 heteroatoms. The molecule has 0 aliphatic rings. The van der Waals surface area contributed by atoms with E-state index in [-0.39, 0.29) is 37.2 Å². The van der Waals surface area contributed by atoms with Gasteiger partial charge in [0.05, 0.1) is 25.6 Å². The maximum absolute atomic E-state index is 13.8. The standard InChI is InChI=1S/C48H56N8O14/c1-27(57)42(56-46(67)35(51-39(60)25-49)21-29-10-6-3-7-11-29)47(68)54-34(20-28-8-4-2-5-9-28)43(64)50-26-40(61)52-37(24-41(62)63)45(66)53-36(22-30-12-16-32(58)17-13-30)44(65)55-38(48(69)70)23-31-14-18-33(59)19-15-31/h2-19,27,34-38,42,57-59H,20-26,49H2,1H3,(H,50,64)(H,51,60)(H,52,61)(H,53,66)(H,54,68)(H,55,65)(H,56,67)(H,62,63)(H,69,70)/t27-,34+,35+,36+,37+,38+,42+/m1/s1. The Kier molecular flexibility index (Phi) is 20.8. The predicted octanol–water partition coefficient (Wildman–Crippen LogP) is -1.71. The predicted molar refractivity (Wildman–Crippen MR) is 249 cm³/mol.